The molecule has 0 saturated carbocycles. The van der Waals surface area contributed by atoms with Gasteiger partial charge in [-0.25, -0.2) is 14.6 Å². The van der Waals surface area contributed by atoms with Gasteiger partial charge in [0.15, 0.2) is 11.6 Å². The number of benzene rings is 3. The van der Waals surface area contributed by atoms with Crippen molar-refractivity contribution in [2.45, 2.75) is 13.2 Å². The predicted octanol–water partition coefficient (Wildman–Crippen LogP) is 3.76. The van der Waals surface area contributed by atoms with Gasteiger partial charge in [-0.15, -0.1) is 5.10 Å². The molecule has 10 nitrogen and oxygen atoms in total. The van der Waals surface area contributed by atoms with E-state index in [1.54, 1.807) is 36.2 Å². The van der Waals surface area contributed by atoms with Crippen molar-refractivity contribution in [3.05, 3.63) is 101 Å². The molecule has 0 spiro atoms. The number of tetrazole rings is 1. The van der Waals surface area contributed by atoms with Gasteiger partial charge in [-0.05, 0) is 58.5 Å². The smallest absolute Gasteiger partial charge is 0.259 e. The number of nitrogens with zero attached hydrogens (tertiary/aromatic N) is 6. The number of H-pyrrole nitrogens is 1. The van der Waals surface area contributed by atoms with Crippen LogP contribution in [0.5, 0.6) is 11.5 Å². The molecule has 0 aliphatic heterocycles. The van der Waals surface area contributed by atoms with E-state index in [0.717, 1.165) is 21.9 Å². The maximum absolute atomic E-state index is 12.8. The quantitative estimate of drug-likeness (QED) is 0.358. The number of aromatic amines is 1. The Labute approximate surface area is 210 Å². The Bertz CT molecular complexity index is 1780. The molecule has 182 valence electrons. The number of aromatic nitrogens is 7. The summed E-state index contributed by atoms with van der Waals surface area (Å²) in [4.78, 5) is 24.6. The fourth-order valence-corrected chi connectivity index (χ4v) is 4.07. The van der Waals surface area contributed by atoms with Crippen LogP contribution in [0.4, 0.5) is 0 Å². The van der Waals surface area contributed by atoms with Gasteiger partial charge in [0.1, 0.15) is 18.1 Å². The summed E-state index contributed by atoms with van der Waals surface area (Å²) in [6.07, 6.45) is 1.80. The van der Waals surface area contributed by atoms with Gasteiger partial charge in [-0.1, -0.05) is 30.3 Å². The van der Waals surface area contributed by atoms with Gasteiger partial charge in [0.05, 0.1) is 24.7 Å². The zero-order chi connectivity index (χ0) is 25.2. The zero-order valence-corrected chi connectivity index (χ0v) is 19.8. The minimum atomic E-state index is -0.270. The molecule has 0 aliphatic rings. The molecule has 0 aliphatic carbocycles. The monoisotopic (exact) mass is 491 g/mol. The first-order chi connectivity index (χ1) is 18.2. The number of hydrogen-bond donors (Lipinski definition) is 1. The van der Waals surface area contributed by atoms with Gasteiger partial charge in [0.25, 0.3) is 5.56 Å². The molecule has 6 aromatic rings. The lowest BCUT2D eigenvalue weighted by atomic mass is 10.1. The molecule has 0 bridgehead atoms. The van der Waals surface area contributed by atoms with E-state index >= 15 is 0 Å². The summed E-state index contributed by atoms with van der Waals surface area (Å²) in [5.74, 6) is 2.37. The lowest BCUT2D eigenvalue weighted by Gasteiger charge is -2.09. The van der Waals surface area contributed by atoms with E-state index in [4.69, 9.17) is 9.47 Å². The van der Waals surface area contributed by atoms with Gasteiger partial charge in [0, 0.05) is 22.5 Å². The van der Waals surface area contributed by atoms with Crippen LogP contribution in [-0.2, 0) is 13.2 Å². The van der Waals surface area contributed by atoms with E-state index in [0.29, 0.717) is 40.8 Å². The minimum absolute atomic E-state index is 0.261. The summed E-state index contributed by atoms with van der Waals surface area (Å²) < 4.78 is 12.8. The number of fused-ring (bicyclic) bond motifs is 2. The number of nitrogens with one attached hydrogen (secondary N) is 1. The van der Waals surface area contributed by atoms with Crippen molar-refractivity contribution in [2.24, 2.45) is 0 Å². The lowest BCUT2D eigenvalue weighted by molar-refractivity contribution is 0.296. The van der Waals surface area contributed by atoms with Crippen LogP contribution in [0.1, 0.15) is 11.4 Å². The third kappa shape index (κ3) is 4.59. The van der Waals surface area contributed by atoms with E-state index in [-0.39, 0.29) is 12.2 Å². The molecular weight excluding hydrogens is 470 g/mol. The molecule has 3 aromatic carbocycles. The molecule has 0 amide bonds. The molecule has 0 fully saturated rings. The molecular formula is C27H21N7O3. The van der Waals surface area contributed by atoms with Crippen molar-refractivity contribution in [3.8, 4) is 22.9 Å². The largest absolute Gasteiger partial charge is 0.497 e. The van der Waals surface area contributed by atoms with Crippen molar-refractivity contribution in [1.29, 1.82) is 0 Å². The average molecular weight is 492 g/mol. The van der Waals surface area contributed by atoms with Crippen LogP contribution >= 0.6 is 0 Å². The molecule has 3 aromatic heterocycles. The Balaban J connectivity index is 1.18. The van der Waals surface area contributed by atoms with Crippen LogP contribution in [0, 0.1) is 0 Å². The standard InChI is InChI=1S/C27H21N7O3/c1-36-21-10-11-24-19(12-21)13-22(27(35)30-24)26-31-32-33-34(26)15-17-6-8-20(9-7-17)37-16-25-28-14-18-4-2-3-5-23(18)29-25/h2-14H,15-16H2,1H3,(H,30,35). The second-order valence-electron chi connectivity index (χ2n) is 8.40. The highest BCUT2D eigenvalue weighted by Gasteiger charge is 2.15. The van der Waals surface area contributed by atoms with E-state index in [2.05, 4.69) is 30.5 Å². The molecule has 37 heavy (non-hydrogen) atoms. The summed E-state index contributed by atoms with van der Waals surface area (Å²) in [7, 11) is 1.60. The predicted molar refractivity (Wildman–Crippen MR) is 137 cm³/mol. The number of hydrogen-bond acceptors (Lipinski definition) is 8. The minimum Gasteiger partial charge on any atom is -0.497 e. The SMILES string of the molecule is COc1ccc2[nH]c(=O)c(-c3nnnn3Cc3ccc(OCc4ncc5ccccc5n4)cc3)cc2c1. The summed E-state index contributed by atoms with van der Waals surface area (Å²) in [5.41, 5.74) is 2.64. The third-order valence-corrected chi connectivity index (χ3v) is 5.99. The van der Waals surface area contributed by atoms with Crippen molar-refractivity contribution >= 4 is 21.8 Å². The molecule has 0 radical (unpaired) electrons. The molecule has 0 atom stereocenters. The Kier molecular flexibility index (Phi) is 5.74. The van der Waals surface area contributed by atoms with Gasteiger partial charge < -0.3 is 14.5 Å². The third-order valence-electron chi connectivity index (χ3n) is 5.99. The van der Waals surface area contributed by atoms with Crippen LogP contribution in [0.3, 0.4) is 0 Å². The first-order valence-electron chi connectivity index (χ1n) is 11.6. The Morgan fingerprint density at radius 2 is 1.78 bits per heavy atom. The number of rotatable bonds is 7. The second-order valence-corrected chi connectivity index (χ2v) is 8.40. The fraction of sp³-hybridized carbons (Fsp3) is 0.111. The number of pyridine rings is 1. The molecule has 0 unspecified atom stereocenters. The molecule has 0 saturated heterocycles. The highest BCUT2D eigenvalue weighted by molar-refractivity contribution is 5.83. The zero-order valence-electron chi connectivity index (χ0n) is 19.8. The highest BCUT2D eigenvalue weighted by atomic mass is 16.5. The van der Waals surface area contributed by atoms with Crippen molar-refractivity contribution in [2.75, 3.05) is 7.11 Å². The summed E-state index contributed by atoms with van der Waals surface area (Å²) in [5, 5.41) is 13.8. The normalized spacial score (nSPS) is 11.2. The second kappa shape index (κ2) is 9.50. The number of methoxy groups -OCH3 is 1. The summed E-state index contributed by atoms with van der Waals surface area (Å²) in [6.45, 7) is 0.642. The first kappa shape index (κ1) is 22.4. The average Bonchev–Trinajstić information content (AvgIpc) is 3.39. The van der Waals surface area contributed by atoms with Gasteiger partial charge in [0.2, 0.25) is 0 Å². The molecule has 1 N–H and O–H groups in total. The van der Waals surface area contributed by atoms with Gasteiger partial charge in [-0.3, -0.25) is 4.79 Å². The topological polar surface area (TPSA) is 121 Å². The van der Waals surface area contributed by atoms with Crippen LogP contribution in [0.2, 0.25) is 0 Å². The first-order valence-corrected chi connectivity index (χ1v) is 11.6. The maximum atomic E-state index is 12.8. The van der Waals surface area contributed by atoms with Crippen LogP contribution in [-0.4, -0.2) is 42.3 Å². The van der Waals surface area contributed by atoms with E-state index in [9.17, 15) is 4.79 Å². The Hall–Kier alpha value is -5.12. The van der Waals surface area contributed by atoms with E-state index < -0.39 is 0 Å². The van der Waals surface area contributed by atoms with Crippen LogP contribution in [0.15, 0.2) is 83.8 Å². The van der Waals surface area contributed by atoms with Crippen LogP contribution < -0.4 is 15.0 Å². The molecule has 6 rings (SSSR count). The molecule has 3 heterocycles. The highest BCUT2D eigenvalue weighted by Crippen LogP contribution is 2.23. The van der Waals surface area contributed by atoms with Crippen molar-refractivity contribution in [3.63, 3.8) is 0 Å². The van der Waals surface area contributed by atoms with Crippen LogP contribution in [0.25, 0.3) is 33.2 Å². The van der Waals surface area contributed by atoms with Gasteiger partial charge in [-0.2, -0.15) is 0 Å². The van der Waals surface area contributed by atoms with E-state index in [1.165, 1.54) is 0 Å². The summed E-state index contributed by atoms with van der Waals surface area (Å²) in [6, 6.07) is 22.6. The lowest BCUT2D eigenvalue weighted by Crippen LogP contribution is -2.13. The van der Waals surface area contributed by atoms with Crippen molar-refractivity contribution < 1.29 is 9.47 Å². The van der Waals surface area contributed by atoms with E-state index in [1.807, 2.05) is 54.6 Å². The Morgan fingerprint density at radius 3 is 2.65 bits per heavy atom. The van der Waals surface area contributed by atoms with Gasteiger partial charge >= 0.3 is 0 Å². The summed E-state index contributed by atoms with van der Waals surface area (Å²) >= 11 is 0. The number of ether oxygens (including phenoxy) is 2. The fourth-order valence-electron chi connectivity index (χ4n) is 4.07. The maximum Gasteiger partial charge on any atom is 0.259 e. The molecule has 10 heteroatoms. The number of para-hydroxylation sites is 1. The Morgan fingerprint density at radius 1 is 0.946 bits per heavy atom. The van der Waals surface area contributed by atoms with Crippen molar-refractivity contribution in [1.82, 2.24) is 35.2 Å².